The van der Waals surface area contributed by atoms with Crippen LogP contribution in [0.4, 0.5) is 0 Å². The minimum atomic E-state index is -3.62. The summed E-state index contributed by atoms with van der Waals surface area (Å²) in [5, 5.41) is 0. The minimum absolute atomic E-state index is 0.0169. The third kappa shape index (κ3) is 6.53. The Bertz CT molecular complexity index is 897. The zero-order valence-electron chi connectivity index (χ0n) is 18.6. The normalized spacial score (nSPS) is 16.0. The highest BCUT2D eigenvalue weighted by atomic mass is 32.2. The number of hydrogen-bond acceptors (Lipinski definition) is 5. The Kier molecular flexibility index (Phi) is 8.90. The number of ether oxygens (including phenoxy) is 2. The van der Waals surface area contributed by atoms with Gasteiger partial charge in [-0.3, -0.25) is 0 Å². The smallest absolute Gasteiger partial charge is 0.243 e. The van der Waals surface area contributed by atoms with Gasteiger partial charge in [0.05, 0.1) is 18.6 Å². The number of sulfonamides is 1. The quantitative estimate of drug-likeness (QED) is 0.529. The Morgan fingerprint density at radius 2 is 1.77 bits per heavy atom. The first-order valence-electron chi connectivity index (χ1n) is 11.0. The van der Waals surface area contributed by atoms with Gasteiger partial charge in [0.25, 0.3) is 0 Å². The van der Waals surface area contributed by atoms with Crippen molar-refractivity contribution in [3.8, 4) is 5.75 Å². The summed E-state index contributed by atoms with van der Waals surface area (Å²) < 4.78 is 38.9. The highest BCUT2D eigenvalue weighted by Crippen LogP contribution is 2.26. The number of aryl methyl sites for hydroxylation is 1. The molecule has 7 heteroatoms. The summed E-state index contributed by atoms with van der Waals surface area (Å²) in [6.07, 6.45) is 3.85. The molecular formula is C24H34N2O4S. The summed E-state index contributed by atoms with van der Waals surface area (Å²) in [4.78, 5) is 2.72. The van der Waals surface area contributed by atoms with Crippen LogP contribution in [-0.4, -0.2) is 70.7 Å². The van der Waals surface area contributed by atoms with E-state index in [0.29, 0.717) is 18.9 Å². The van der Waals surface area contributed by atoms with Crippen molar-refractivity contribution in [2.75, 3.05) is 47.0 Å². The van der Waals surface area contributed by atoms with E-state index >= 15 is 0 Å². The molecule has 0 spiro atoms. The van der Waals surface area contributed by atoms with Crippen LogP contribution in [0, 0.1) is 0 Å². The Morgan fingerprint density at radius 3 is 2.45 bits per heavy atom. The summed E-state index contributed by atoms with van der Waals surface area (Å²) in [6, 6.07) is 17.2. The van der Waals surface area contributed by atoms with Gasteiger partial charge in [-0.15, -0.1) is 0 Å². The molecule has 6 nitrogen and oxygen atoms in total. The van der Waals surface area contributed by atoms with Crippen LogP contribution in [0.1, 0.15) is 24.8 Å². The molecule has 2 aromatic carbocycles. The summed E-state index contributed by atoms with van der Waals surface area (Å²) >= 11 is 0. The summed E-state index contributed by atoms with van der Waals surface area (Å²) in [6.45, 7) is 3.60. The number of methoxy groups -OCH3 is 2. The molecule has 0 amide bonds. The number of likely N-dealkylation sites (tertiary alicyclic amines) is 1. The zero-order chi connectivity index (χ0) is 22.1. The van der Waals surface area contributed by atoms with Gasteiger partial charge in [-0.1, -0.05) is 36.4 Å². The van der Waals surface area contributed by atoms with E-state index in [0.717, 1.165) is 45.3 Å². The lowest BCUT2D eigenvalue weighted by atomic mass is 10.0. The van der Waals surface area contributed by atoms with E-state index in [4.69, 9.17) is 9.47 Å². The molecule has 0 aliphatic carbocycles. The molecule has 0 atom stereocenters. The van der Waals surface area contributed by atoms with E-state index in [2.05, 4.69) is 29.2 Å². The van der Waals surface area contributed by atoms with E-state index in [9.17, 15) is 8.42 Å². The van der Waals surface area contributed by atoms with E-state index < -0.39 is 10.0 Å². The van der Waals surface area contributed by atoms with Gasteiger partial charge < -0.3 is 14.4 Å². The Labute approximate surface area is 186 Å². The summed E-state index contributed by atoms with van der Waals surface area (Å²) in [5.74, 6) is 0.543. The third-order valence-electron chi connectivity index (χ3n) is 5.91. The fraction of sp³-hybridized carbons (Fsp3) is 0.500. The van der Waals surface area contributed by atoms with Crippen LogP contribution in [0.5, 0.6) is 5.75 Å². The number of nitrogens with zero attached hydrogens (tertiary/aromatic N) is 2. The molecule has 1 aliphatic rings. The van der Waals surface area contributed by atoms with Crippen molar-refractivity contribution < 1.29 is 17.9 Å². The average molecular weight is 447 g/mol. The van der Waals surface area contributed by atoms with Gasteiger partial charge in [0.2, 0.25) is 10.0 Å². The maximum atomic E-state index is 13.4. The largest absolute Gasteiger partial charge is 0.497 e. The van der Waals surface area contributed by atoms with Gasteiger partial charge in [-0.05, 0) is 63.0 Å². The van der Waals surface area contributed by atoms with Crippen molar-refractivity contribution in [2.45, 2.75) is 36.6 Å². The van der Waals surface area contributed by atoms with Crippen molar-refractivity contribution in [3.05, 3.63) is 60.2 Å². The number of benzene rings is 2. The molecule has 2 aromatic rings. The molecule has 170 valence electrons. The van der Waals surface area contributed by atoms with Gasteiger partial charge in [0.1, 0.15) is 5.75 Å². The van der Waals surface area contributed by atoms with Gasteiger partial charge in [0, 0.05) is 25.8 Å². The predicted molar refractivity (Wildman–Crippen MR) is 123 cm³/mol. The van der Waals surface area contributed by atoms with Crippen molar-refractivity contribution in [2.24, 2.45) is 0 Å². The predicted octanol–water partition coefficient (Wildman–Crippen LogP) is 3.43. The zero-order valence-corrected chi connectivity index (χ0v) is 19.4. The van der Waals surface area contributed by atoms with E-state index in [1.54, 1.807) is 42.8 Å². The number of rotatable bonds is 11. The van der Waals surface area contributed by atoms with Crippen molar-refractivity contribution in [1.29, 1.82) is 0 Å². The lowest BCUT2D eigenvalue weighted by molar-refractivity contribution is 0.127. The van der Waals surface area contributed by atoms with E-state index in [1.165, 1.54) is 5.56 Å². The Morgan fingerprint density at radius 1 is 1.03 bits per heavy atom. The molecule has 1 heterocycles. The molecule has 0 radical (unpaired) electrons. The lowest BCUT2D eigenvalue weighted by Crippen LogP contribution is -2.48. The van der Waals surface area contributed by atoms with Gasteiger partial charge in [-0.25, -0.2) is 8.42 Å². The summed E-state index contributed by atoms with van der Waals surface area (Å²) in [5.41, 5.74) is 1.37. The van der Waals surface area contributed by atoms with Crippen LogP contribution in [-0.2, 0) is 21.2 Å². The molecule has 1 saturated heterocycles. The lowest BCUT2D eigenvalue weighted by Gasteiger charge is -2.37. The standard InChI is InChI=1S/C24H34N2O4S/c1-29-19-18-26(31(27,28)24-12-6-11-23(20-24)30-2)22-13-16-25(17-14-22)15-7-10-21-8-4-3-5-9-21/h3-6,8-9,11-12,20,22H,7,10,13-19H2,1-2H3. The Balaban J connectivity index is 1.60. The first kappa shape index (κ1) is 23.7. The molecule has 0 unspecified atom stereocenters. The Hall–Kier alpha value is -1.93. The fourth-order valence-electron chi connectivity index (χ4n) is 4.16. The van der Waals surface area contributed by atoms with Crippen molar-refractivity contribution in [3.63, 3.8) is 0 Å². The first-order chi connectivity index (χ1) is 15.0. The topological polar surface area (TPSA) is 59.1 Å². The third-order valence-corrected chi connectivity index (χ3v) is 7.86. The molecule has 1 fully saturated rings. The van der Waals surface area contributed by atoms with Gasteiger partial charge in [0.15, 0.2) is 0 Å². The molecular weight excluding hydrogens is 412 g/mol. The summed E-state index contributed by atoms with van der Waals surface area (Å²) in [7, 11) is -0.475. The van der Waals surface area contributed by atoms with Crippen LogP contribution in [0.25, 0.3) is 0 Å². The number of hydrogen-bond donors (Lipinski definition) is 0. The molecule has 0 bridgehead atoms. The highest BCUT2D eigenvalue weighted by molar-refractivity contribution is 7.89. The van der Waals surface area contributed by atoms with Gasteiger partial charge in [-0.2, -0.15) is 4.31 Å². The monoisotopic (exact) mass is 446 g/mol. The maximum Gasteiger partial charge on any atom is 0.243 e. The second-order valence-corrected chi connectivity index (χ2v) is 9.84. The van der Waals surface area contributed by atoms with E-state index in [1.807, 2.05) is 6.07 Å². The minimum Gasteiger partial charge on any atom is -0.497 e. The highest BCUT2D eigenvalue weighted by Gasteiger charge is 2.33. The van der Waals surface area contributed by atoms with Crippen LogP contribution in [0.15, 0.2) is 59.5 Å². The van der Waals surface area contributed by atoms with Crippen molar-refractivity contribution >= 4 is 10.0 Å². The van der Waals surface area contributed by atoms with Crippen LogP contribution >= 0.6 is 0 Å². The second-order valence-electron chi connectivity index (χ2n) is 7.95. The molecule has 3 rings (SSSR count). The molecule has 0 saturated carbocycles. The molecule has 0 aromatic heterocycles. The van der Waals surface area contributed by atoms with Crippen molar-refractivity contribution in [1.82, 2.24) is 9.21 Å². The fourth-order valence-corrected chi connectivity index (χ4v) is 5.86. The average Bonchev–Trinajstić information content (AvgIpc) is 2.81. The van der Waals surface area contributed by atoms with E-state index in [-0.39, 0.29) is 10.9 Å². The van der Waals surface area contributed by atoms with Crippen LogP contribution in [0.2, 0.25) is 0 Å². The first-order valence-corrected chi connectivity index (χ1v) is 12.4. The van der Waals surface area contributed by atoms with Gasteiger partial charge >= 0.3 is 0 Å². The van der Waals surface area contributed by atoms with Crippen LogP contribution in [0.3, 0.4) is 0 Å². The SMILES string of the molecule is COCCN(C1CCN(CCCc2ccccc2)CC1)S(=O)(=O)c1cccc(OC)c1. The van der Waals surface area contributed by atoms with Crippen LogP contribution < -0.4 is 4.74 Å². The maximum absolute atomic E-state index is 13.4. The molecule has 0 N–H and O–H groups in total. The number of piperidine rings is 1. The molecule has 1 aliphatic heterocycles. The second kappa shape index (κ2) is 11.6. The molecule has 31 heavy (non-hydrogen) atoms.